The van der Waals surface area contributed by atoms with Crippen LogP contribution in [0.2, 0.25) is 0 Å². The predicted octanol–water partition coefficient (Wildman–Crippen LogP) is 4.65. The molecule has 3 aromatic carbocycles. The van der Waals surface area contributed by atoms with Crippen LogP contribution in [0.1, 0.15) is 28.4 Å². The van der Waals surface area contributed by atoms with Crippen LogP contribution >= 0.6 is 0 Å². The third-order valence-corrected chi connectivity index (χ3v) is 5.31. The number of nitrogens with one attached hydrogen (secondary N) is 2. The van der Waals surface area contributed by atoms with Crippen LogP contribution in [0, 0.1) is 0 Å². The van der Waals surface area contributed by atoms with E-state index >= 15 is 0 Å². The molecule has 1 heterocycles. The summed E-state index contributed by atoms with van der Waals surface area (Å²) in [5, 5.41) is 3.98. The number of amides is 1. The first-order chi connectivity index (χ1) is 15.6. The molecule has 0 radical (unpaired) electrons. The number of aromatic nitrogens is 1. The van der Waals surface area contributed by atoms with Gasteiger partial charge in [0.2, 0.25) is 0 Å². The van der Waals surface area contributed by atoms with Crippen LogP contribution in [0.25, 0.3) is 22.0 Å². The van der Waals surface area contributed by atoms with Crippen molar-refractivity contribution in [2.45, 2.75) is 19.9 Å². The van der Waals surface area contributed by atoms with Crippen molar-refractivity contribution >= 4 is 28.5 Å². The van der Waals surface area contributed by atoms with Gasteiger partial charge in [0.05, 0.1) is 13.0 Å². The minimum atomic E-state index is -0.330. The maximum atomic E-state index is 13.2. The zero-order valence-electron chi connectivity index (χ0n) is 17.9. The van der Waals surface area contributed by atoms with Crippen molar-refractivity contribution in [3.05, 3.63) is 89.6 Å². The van der Waals surface area contributed by atoms with E-state index < -0.39 is 0 Å². The van der Waals surface area contributed by atoms with E-state index in [1.165, 1.54) is 0 Å². The molecule has 4 N–H and O–H groups in total. The molecule has 0 aliphatic carbocycles. The van der Waals surface area contributed by atoms with Gasteiger partial charge < -0.3 is 20.8 Å². The van der Waals surface area contributed by atoms with Gasteiger partial charge in [-0.3, -0.25) is 9.59 Å². The van der Waals surface area contributed by atoms with Gasteiger partial charge in [-0.05, 0) is 59.5 Å². The van der Waals surface area contributed by atoms with Crippen LogP contribution in [0.5, 0.6) is 0 Å². The van der Waals surface area contributed by atoms with E-state index in [1.54, 1.807) is 13.0 Å². The summed E-state index contributed by atoms with van der Waals surface area (Å²) in [5.74, 6) is -0.585. The zero-order valence-corrected chi connectivity index (χ0v) is 17.9. The van der Waals surface area contributed by atoms with Gasteiger partial charge in [-0.1, -0.05) is 36.4 Å². The molecule has 1 aromatic heterocycles. The summed E-state index contributed by atoms with van der Waals surface area (Å²) in [5.41, 5.74) is 11.5. The number of rotatable bonds is 7. The Kier molecular flexibility index (Phi) is 6.33. The van der Waals surface area contributed by atoms with Crippen LogP contribution in [-0.2, 0) is 22.5 Å². The van der Waals surface area contributed by atoms with Crippen LogP contribution in [-0.4, -0.2) is 23.5 Å². The molecule has 0 fully saturated rings. The van der Waals surface area contributed by atoms with Gasteiger partial charge in [0.1, 0.15) is 0 Å². The largest absolute Gasteiger partial charge is 0.466 e. The van der Waals surface area contributed by atoms with E-state index in [0.29, 0.717) is 30.0 Å². The lowest BCUT2D eigenvalue weighted by atomic mass is 9.97. The molecule has 6 heteroatoms. The van der Waals surface area contributed by atoms with Gasteiger partial charge >= 0.3 is 5.97 Å². The highest BCUT2D eigenvalue weighted by Crippen LogP contribution is 2.31. The quantitative estimate of drug-likeness (QED) is 0.374. The van der Waals surface area contributed by atoms with Crippen molar-refractivity contribution in [1.29, 1.82) is 0 Å². The maximum Gasteiger partial charge on any atom is 0.310 e. The van der Waals surface area contributed by atoms with E-state index in [-0.39, 0.29) is 18.3 Å². The molecule has 162 valence electrons. The summed E-state index contributed by atoms with van der Waals surface area (Å²) >= 11 is 0. The highest BCUT2D eigenvalue weighted by molar-refractivity contribution is 6.09. The molecule has 32 heavy (non-hydrogen) atoms. The fourth-order valence-corrected chi connectivity index (χ4v) is 3.76. The topological polar surface area (TPSA) is 97.2 Å². The molecule has 4 rings (SSSR count). The van der Waals surface area contributed by atoms with Crippen LogP contribution in [0.15, 0.2) is 72.9 Å². The third kappa shape index (κ3) is 4.55. The number of nitrogens with two attached hydrogens (primary N) is 1. The van der Waals surface area contributed by atoms with Crippen LogP contribution in [0.4, 0.5) is 5.69 Å². The Bertz CT molecular complexity index is 1280. The Morgan fingerprint density at radius 3 is 2.69 bits per heavy atom. The Morgan fingerprint density at radius 2 is 1.88 bits per heavy atom. The van der Waals surface area contributed by atoms with E-state index in [4.69, 9.17) is 10.5 Å². The molecule has 6 nitrogen and oxygen atoms in total. The number of H-pyrrole nitrogens is 1. The smallest absolute Gasteiger partial charge is 0.310 e. The average molecular weight is 428 g/mol. The molecule has 0 saturated carbocycles. The van der Waals surface area contributed by atoms with Gasteiger partial charge in [-0.2, -0.15) is 0 Å². The summed E-state index contributed by atoms with van der Waals surface area (Å²) in [6, 6.07) is 21.0. The lowest BCUT2D eigenvalue weighted by Crippen LogP contribution is -2.15. The Morgan fingerprint density at radius 1 is 1.03 bits per heavy atom. The first-order valence-electron chi connectivity index (χ1n) is 10.5. The second-order valence-electron chi connectivity index (χ2n) is 7.46. The van der Waals surface area contributed by atoms with Gasteiger partial charge in [0, 0.05) is 34.9 Å². The van der Waals surface area contributed by atoms with Crippen molar-refractivity contribution in [3.8, 4) is 11.1 Å². The molecule has 0 aliphatic rings. The number of benzene rings is 3. The van der Waals surface area contributed by atoms with Gasteiger partial charge in [0.15, 0.2) is 0 Å². The SMILES string of the molecule is CCOC(=O)Cc1ccccc1NC(=O)c1cc(-c2cccc(CN)c2)c2cc[nH]c2c1. The number of carbonyl (C=O) groups is 2. The van der Waals surface area contributed by atoms with Crippen molar-refractivity contribution < 1.29 is 14.3 Å². The van der Waals surface area contributed by atoms with E-state index in [1.807, 2.05) is 66.9 Å². The number of aromatic amines is 1. The standard InChI is InChI=1S/C26H25N3O3/c1-2-32-25(30)15-19-7-3-4-9-23(19)29-26(31)20-13-22(21-10-11-28-24(21)14-20)18-8-5-6-17(12-18)16-27/h3-14,28H,2,15-16,27H2,1H3,(H,29,31). The third-order valence-electron chi connectivity index (χ3n) is 5.31. The predicted molar refractivity (Wildman–Crippen MR) is 126 cm³/mol. The number of para-hydroxylation sites is 1. The first-order valence-corrected chi connectivity index (χ1v) is 10.5. The summed E-state index contributed by atoms with van der Waals surface area (Å²) in [6.07, 6.45) is 1.95. The molecule has 0 unspecified atom stereocenters. The minimum Gasteiger partial charge on any atom is -0.466 e. The molecule has 0 saturated heterocycles. The fourth-order valence-electron chi connectivity index (χ4n) is 3.76. The molecular weight excluding hydrogens is 402 g/mol. The zero-order chi connectivity index (χ0) is 22.5. The molecule has 0 bridgehead atoms. The monoisotopic (exact) mass is 427 g/mol. The van der Waals surface area contributed by atoms with Gasteiger partial charge in [0.25, 0.3) is 5.91 Å². The maximum absolute atomic E-state index is 13.2. The summed E-state index contributed by atoms with van der Waals surface area (Å²) < 4.78 is 5.05. The molecular formula is C26H25N3O3. The highest BCUT2D eigenvalue weighted by Gasteiger charge is 2.15. The fraction of sp³-hybridized carbons (Fsp3) is 0.154. The van der Waals surface area contributed by atoms with E-state index in [2.05, 4.69) is 10.3 Å². The van der Waals surface area contributed by atoms with Crippen molar-refractivity contribution in [1.82, 2.24) is 4.98 Å². The minimum absolute atomic E-state index is 0.0943. The summed E-state index contributed by atoms with van der Waals surface area (Å²) in [7, 11) is 0. The Hall–Kier alpha value is -3.90. The number of hydrogen-bond donors (Lipinski definition) is 3. The van der Waals surface area contributed by atoms with Crippen molar-refractivity contribution in [2.24, 2.45) is 5.73 Å². The number of ether oxygens (including phenoxy) is 1. The molecule has 0 aliphatic heterocycles. The number of esters is 1. The molecule has 0 spiro atoms. The second kappa shape index (κ2) is 9.49. The summed E-state index contributed by atoms with van der Waals surface area (Å²) in [4.78, 5) is 28.3. The second-order valence-corrected chi connectivity index (χ2v) is 7.46. The number of hydrogen-bond acceptors (Lipinski definition) is 4. The van der Waals surface area contributed by atoms with E-state index in [0.717, 1.165) is 27.6 Å². The lowest BCUT2D eigenvalue weighted by Gasteiger charge is -2.13. The van der Waals surface area contributed by atoms with Crippen molar-refractivity contribution in [2.75, 3.05) is 11.9 Å². The van der Waals surface area contributed by atoms with Crippen LogP contribution in [0.3, 0.4) is 0 Å². The van der Waals surface area contributed by atoms with Gasteiger partial charge in [-0.25, -0.2) is 0 Å². The first kappa shape index (κ1) is 21.3. The molecule has 4 aromatic rings. The van der Waals surface area contributed by atoms with Crippen LogP contribution < -0.4 is 11.1 Å². The van der Waals surface area contributed by atoms with Crippen molar-refractivity contribution in [3.63, 3.8) is 0 Å². The summed E-state index contributed by atoms with van der Waals surface area (Å²) in [6.45, 7) is 2.53. The van der Waals surface area contributed by atoms with E-state index in [9.17, 15) is 9.59 Å². The highest BCUT2D eigenvalue weighted by atomic mass is 16.5. The number of carbonyl (C=O) groups excluding carboxylic acids is 2. The number of anilines is 1. The average Bonchev–Trinajstić information content (AvgIpc) is 3.28. The van der Waals surface area contributed by atoms with Gasteiger partial charge in [-0.15, -0.1) is 0 Å². The molecule has 1 amide bonds. The number of fused-ring (bicyclic) bond motifs is 1. The lowest BCUT2D eigenvalue weighted by molar-refractivity contribution is -0.142. The Labute approximate surface area is 186 Å². The Balaban J connectivity index is 1.68. The normalized spacial score (nSPS) is 10.8. The molecule has 0 atom stereocenters.